The molecule has 0 saturated carbocycles. The Hall–Kier alpha value is -2.40. The first-order chi connectivity index (χ1) is 9.51. The Morgan fingerprint density at radius 2 is 1.95 bits per heavy atom. The quantitative estimate of drug-likeness (QED) is 0.760. The minimum absolute atomic E-state index is 0.0664. The highest BCUT2D eigenvalue weighted by molar-refractivity contribution is 6.31. The van der Waals surface area contributed by atoms with Crippen LogP contribution >= 0.6 is 11.6 Å². The number of ether oxygens (including phenoxy) is 1. The van der Waals surface area contributed by atoms with E-state index >= 15 is 0 Å². The lowest BCUT2D eigenvalue weighted by atomic mass is 10.1. The van der Waals surface area contributed by atoms with Crippen LogP contribution < -0.4 is 10.1 Å². The number of phenols is 2. The van der Waals surface area contributed by atoms with E-state index in [1.807, 2.05) is 0 Å². The highest BCUT2D eigenvalue weighted by Gasteiger charge is 2.15. The number of phenolic OH excluding ortho intramolecular Hbond substituents is 2. The van der Waals surface area contributed by atoms with Crippen LogP contribution in [-0.4, -0.2) is 23.2 Å². The van der Waals surface area contributed by atoms with Crippen LogP contribution in [0.1, 0.15) is 10.4 Å². The number of benzene rings is 2. The number of hydrogen-bond acceptors (Lipinski definition) is 4. The summed E-state index contributed by atoms with van der Waals surface area (Å²) in [4.78, 5) is 12.0. The molecule has 1 amide bonds. The Morgan fingerprint density at radius 1 is 1.20 bits per heavy atom. The van der Waals surface area contributed by atoms with Gasteiger partial charge in [0.2, 0.25) is 0 Å². The number of aromatic hydroxyl groups is 2. The van der Waals surface area contributed by atoms with Crippen LogP contribution in [0.25, 0.3) is 0 Å². The molecule has 0 fully saturated rings. The summed E-state index contributed by atoms with van der Waals surface area (Å²) in [6.45, 7) is 0. The third kappa shape index (κ3) is 2.95. The summed E-state index contributed by atoms with van der Waals surface area (Å²) in [5.41, 5.74) is 0.417. The number of carbonyl (C=O) groups excluding carboxylic acids is 1. The number of methoxy groups -OCH3 is 1. The van der Waals surface area contributed by atoms with Crippen LogP contribution in [0, 0.1) is 0 Å². The smallest absolute Gasteiger partial charge is 0.259 e. The van der Waals surface area contributed by atoms with Gasteiger partial charge in [0, 0.05) is 22.8 Å². The van der Waals surface area contributed by atoms with Crippen molar-refractivity contribution in [2.45, 2.75) is 0 Å². The molecule has 5 nitrogen and oxygen atoms in total. The second-order valence-electron chi connectivity index (χ2n) is 4.01. The summed E-state index contributed by atoms with van der Waals surface area (Å²) in [7, 11) is 1.35. The second kappa shape index (κ2) is 5.71. The molecule has 0 spiro atoms. The maximum atomic E-state index is 12.0. The van der Waals surface area contributed by atoms with Gasteiger partial charge in [-0.25, -0.2) is 0 Å². The summed E-state index contributed by atoms with van der Waals surface area (Å²) in [6.07, 6.45) is 0. The molecule has 0 atom stereocenters. The van der Waals surface area contributed by atoms with Crippen molar-refractivity contribution in [3.05, 3.63) is 47.0 Å². The van der Waals surface area contributed by atoms with Gasteiger partial charge in [-0.05, 0) is 18.2 Å². The summed E-state index contributed by atoms with van der Waals surface area (Å²) in [6, 6.07) is 8.89. The number of anilines is 1. The molecule has 0 heterocycles. The molecule has 0 bridgehead atoms. The van der Waals surface area contributed by atoms with Gasteiger partial charge in [-0.2, -0.15) is 0 Å². The number of nitrogens with one attached hydrogen (secondary N) is 1. The van der Waals surface area contributed by atoms with E-state index in [4.69, 9.17) is 16.3 Å². The van der Waals surface area contributed by atoms with Crippen LogP contribution in [0.4, 0.5) is 5.69 Å². The van der Waals surface area contributed by atoms with Crippen molar-refractivity contribution in [2.75, 3.05) is 12.4 Å². The topological polar surface area (TPSA) is 78.8 Å². The Balaban J connectivity index is 2.28. The predicted octanol–water partition coefficient (Wildman–Crippen LogP) is 3.01. The lowest BCUT2D eigenvalue weighted by Gasteiger charge is -2.10. The molecule has 0 unspecified atom stereocenters. The fourth-order valence-electron chi connectivity index (χ4n) is 1.67. The van der Waals surface area contributed by atoms with E-state index < -0.39 is 5.91 Å². The molecule has 2 aromatic carbocycles. The zero-order chi connectivity index (χ0) is 14.7. The summed E-state index contributed by atoms with van der Waals surface area (Å²) < 4.78 is 4.84. The zero-order valence-electron chi connectivity index (χ0n) is 10.6. The first-order valence-electron chi connectivity index (χ1n) is 5.68. The highest BCUT2D eigenvalue weighted by atomic mass is 35.5. The number of halogens is 1. The first kappa shape index (κ1) is 14.0. The molecular formula is C14H12ClNO4. The molecule has 6 heteroatoms. The summed E-state index contributed by atoms with van der Waals surface area (Å²) >= 11 is 5.81. The number of hydrogen-bond donors (Lipinski definition) is 3. The van der Waals surface area contributed by atoms with Gasteiger partial charge in [0.1, 0.15) is 5.75 Å². The molecule has 0 aliphatic carbocycles. The highest BCUT2D eigenvalue weighted by Crippen LogP contribution is 2.33. The van der Waals surface area contributed by atoms with Gasteiger partial charge in [-0.3, -0.25) is 4.79 Å². The van der Waals surface area contributed by atoms with Crippen molar-refractivity contribution in [3.63, 3.8) is 0 Å². The number of carbonyl (C=O) groups is 1. The predicted molar refractivity (Wildman–Crippen MR) is 75.7 cm³/mol. The fraction of sp³-hybridized carbons (Fsp3) is 0.0714. The van der Waals surface area contributed by atoms with Crippen LogP contribution in [0.2, 0.25) is 5.02 Å². The second-order valence-corrected chi connectivity index (χ2v) is 4.44. The monoisotopic (exact) mass is 293 g/mol. The van der Waals surface area contributed by atoms with Gasteiger partial charge in [-0.1, -0.05) is 17.7 Å². The van der Waals surface area contributed by atoms with Crippen LogP contribution in [0.3, 0.4) is 0 Å². The first-order valence-corrected chi connectivity index (χ1v) is 6.06. The largest absolute Gasteiger partial charge is 0.507 e. The van der Waals surface area contributed by atoms with Gasteiger partial charge in [-0.15, -0.1) is 0 Å². The third-order valence-electron chi connectivity index (χ3n) is 2.62. The van der Waals surface area contributed by atoms with Crippen LogP contribution in [0.15, 0.2) is 36.4 Å². The van der Waals surface area contributed by atoms with Gasteiger partial charge in [0.15, 0.2) is 11.5 Å². The van der Waals surface area contributed by atoms with Crippen molar-refractivity contribution in [3.8, 4) is 17.2 Å². The Bertz CT molecular complexity index is 658. The SMILES string of the molecule is COc1cc(O)c(C(=O)Nc2cccc(Cl)c2)cc1O. The lowest BCUT2D eigenvalue weighted by molar-refractivity contribution is 0.102. The van der Waals surface area contributed by atoms with Crippen molar-refractivity contribution in [1.82, 2.24) is 0 Å². The Morgan fingerprint density at radius 3 is 2.60 bits per heavy atom. The molecule has 2 rings (SSSR count). The average Bonchev–Trinajstić information content (AvgIpc) is 2.40. The Kier molecular flexibility index (Phi) is 4.00. The molecular weight excluding hydrogens is 282 g/mol. The van der Waals surface area contributed by atoms with Gasteiger partial charge < -0.3 is 20.3 Å². The molecule has 20 heavy (non-hydrogen) atoms. The molecule has 0 saturated heterocycles. The molecule has 0 radical (unpaired) electrons. The van der Waals surface area contributed by atoms with Gasteiger partial charge in [0.05, 0.1) is 12.7 Å². The molecule has 0 aliphatic rings. The van der Waals surface area contributed by atoms with E-state index in [-0.39, 0.29) is 22.8 Å². The fourth-order valence-corrected chi connectivity index (χ4v) is 1.86. The van der Waals surface area contributed by atoms with Crippen LogP contribution in [-0.2, 0) is 0 Å². The van der Waals surface area contributed by atoms with E-state index in [1.165, 1.54) is 13.2 Å². The van der Waals surface area contributed by atoms with Gasteiger partial charge in [0.25, 0.3) is 5.91 Å². The third-order valence-corrected chi connectivity index (χ3v) is 2.86. The lowest BCUT2D eigenvalue weighted by Crippen LogP contribution is -2.12. The summed E-state index contributed by atoms with van der Waals surface area (Å²) in [5.74, 6) is -1.01. The molecule has 0 aromatic heterocycles. The molecule has 0 aliphatic heterocycles. The molecule has 3 N–H and O–H groups in total. The van der Waals surface area contributed by atoms with Crippen molar-refractivity contribution >= 4 is 23.2 Å². The standard InChI is InChI=1S/C14H12ClNO4/c1-20-13-7-11(17)10(6-12(13)18)14(19)16-9-4-2-3-8(15)5-9/h2-7,17-18H,1H3,(H,16,19). The maximum Gasteiger partial charge on any atom is 0.259 e. The van der Waals surface area contributed by atoms with Gasteiger partial charge >= 0.3 is 0 Å². The minimum atomic E-state index is -0.567. The average molecular weight is 294 g/mol. The van der Waals surface area contributed by atoms with Crippen molar-refractivity contribution < 1.29 is 19.7 Å². The summed E-state index contributed by atoms with van der Waals surface area (Å²) in [5, 5.41) is 22.5. The molecule has 2 aromatic rings. The van der Waals surface area contributed by atoms with Crippen LogP contribution in [0.5, 0.6) is 17.2 Å². The number of amides is 1. The van der Waals surface area contributed by atoms with E-state index in [0.29, 0.717) is 10.7 Å². The molecule has 104 valence electrons. The van der Waals surface area contributed by atoms with E-state index in [0.717, 1.165) is 6.07 Å². The maximum absolute atomic E-state index is 12.0. The zero-order valence-corrected chi connectivity index (χ0v) is 11.3. The van der Waals surface area contributed by atoms with E-state index in [9.17, 15) is 15.0 Å². The van der Waals surface area contributed by atoms with E-state index in [2.05, 4.69) is 5.32 Å². The minimum Gasteiger partial charge on any atom is -0.507 e. The normalized spacial score (nSPS) is 10.1. The number of rotatable bonds is 3. The van der Waals surface area contributed by atoms with E-state index in [1.54, 1.807) is 24.3 Å². The van der Waals surface area contributed by atoms with Crippen molar-refractivity contribution in [1.29, 1.82) is 0 Å². The van der Waals surface area contributed by atoms with Crippen molar-refractivity contribution in [2.24, 2.45) is 0 Å². The Labute approximate surface area is 120 Å².